The van der Waals surface area contributed by atoms with E-state index in [9.17, 15) is 4.79 Å². The van der Waals surface area contributed by atoms with E-state index >= 15 is 0 Å². The van der Waals surface area contributed by atoms with Crippen LogP contribution in [0.5, 0.6) is 0 Å². The summed E-state index contributed by atoms with van der Waals surface area (Å²) in [6.07, 6.45) is 2.99. The van der Waals surface area contributed by atoms with Crippen LogP contribution in [0.3, 0.4) is 0 Å². The highest BCUT2D eigenvalue weighted by Gasteiger charge is 2.21. The van der Waals surface area contributed by atoms with Crippen LogP contribution < -0.4 is 16.0 Å². The van der Waals surface area contributed by atoms with Gasteiger partial charge in [0.05, 0.1) is 11.9 Å². The third-order valence-electron chi connectivity index (χ3n) is 3.30. The van der Waals surface area contributed by atoms with Crippen molar-refractivity contribution in [1.29, 1.82) is 0 Å². The number of amides is 1. The topological polar surface area (TPSA) is 84.1 Å². The number of carbonyl (C=O) groups excluding carboxylic acids is 1. The highest BCUT2D eigenvalue weighted by atomic mass is 35.5. The van der Waals surface area contributed by atoms with Crippen molar-refractivity contribution in [3.8, 4) is 0 Å². The Morgan fingerprint density at radius 2 is 2.05 bits per heavy atom. The minimum atomic E-state index is 0.131. The molecule has 0 radical (unpaired) electrons. The highest BCUT2D eigenvalue weighted by Crippen LogP contribution is 2.26. The molecule has 1 fully saturated rings. The lowest BCUT2D eigenvalue weighted by Crippen LogP contribution is -2.23. The maximum atomic E-state index is 11.7. The normalized spacial score (nSPS) is 14.5. The van der Waals surface area contributed by atoms with Crippen LogP contribution in [0.4, 0.5) is 22.9 Å². The Bertz CT molecular complexity index is 674. The molecule has 21 heavy (non-hydrogen) atoms. The van der Waals surface area contributed by atoms with Crippen LogP contribution in [0.25, 0.3) is 0 Å². The van der Waals surface area contributed by atoms with Crippen LogP contribution in [-0.4, -0.2) is 22.4 Å². The van der Waals surface area contributed by atoms with Gasteiger partial charge in [0, 0.05) is 24.3 Å². The fourth-order valence-corrected chi connectivity index (χ4v) is 2.39. The van der Waals surface area contributed by atoms with Crippen molar-refractivity contribution >= 4 is 40.4 Å². The summed E-state index contributed by atoms with van der Waals surface area (Å²) in [7, 11) is 0. The maximum Gasteiger partial charge on any atom is 0.227 e. The van der Waals surface area contributed by atoms with Gasteiger partial charge >= 0.3 is 0 Å². The van der Waals surface area contributed by atoms with Gasteiger partial charge in [0.15, 0.2) is 5.82 Å². The Morgan fingerprint density at radius 1 is 1.29 bits per heavy atom. The predicted molar refractivity (Wildman–Crippen MR) is 82.8 cm³/mol. The molecule has 108 valence electrons. The summed E-state index contributed by atoms with van der Waals surface area (Å²) in [5, 5.41) is 3.21. The van der Waals surface area contributed by atoms with Crippen molar-refractivity contribution in [2.75, 3.05) is 22.5 Å². The van der Waals surface area contributed by atoms with E-state index in [0.717, 1.165) is 24.3 Å². The summed E-state index contributed by atoms with van der Waals surface area (Å²) in [6, 6.07) is 7.53. The van der Waals surface area contributed by atoms with Gasteiger partial charge in [-0.05, 0) is 42.3 Å². The van der Waals surface area contributed by atoms with Gasteiger partial charge < -0.3 is 16.0 Å². The molecule has 3 rings (SSSR count). The van der Waals surface area contributed by atoms with Crippen molar-refractivity contribution in [2.24, 2.45) is 0 Å². The van der Waals surface area contributed by atoms with Crippen molar-refractivity contribution < 1.29 is 4.79 Å². The molecule has 1 saturated heterocycles. The zero-order valence-electron chi connectivity index (χ0n) is 11.2. The van der Waals surface area contributed by atoms with Gasteiger partial charge in [-0.2, -0.15) is 4.98 Å². The first-order valence-corrected chi connectivity index (χ1v) is 6.97. The van der Waals surface area contributed by atoms with E-state index in [1.54, 1.807) is 4.90 Å². The van der Waals surface area contributed by atoms with Crippen LogP contribution >= 0.6 is 11.6 Å². The Kier molecular flexibility index (Phi) is 3.62. The summed E-state index contributed by atoms with van der Waals surface area (Å²) >= 11 is 5.75. The number of nitrogens with two attached hydrogens (primary N) is 1. The Labute approximate surface area is 126 Å². The summed E-state index contributed by atoms with van der Waals surface area (Å²) in [5.74, 6) is 0.627. The Balaban J connectivity index is 1.78. The summed E-state index contributed by atoms with van der Waals surface area (Å²) in [5.41, 5.74) is 7.91. The van der Waals surface area contributed by atoms with Crippen molar-refractivity contribution in [3.05, 3.63) is 35.7 Å². The molecule has 0 spiro atoms. The van der Waals surface area contributed by atoms with Crippen LogP contribution in [-0.2, 0) is 4.79 Å². The van der Waals surface area contributed by atoms with Crippen molar-refractivity contribution in [3.63, 3.8) is 0 Å². The minimum absolute atomic E-state index is 0.131. The number of nitrogen functional groups attached to an aromatic ring is 1. The third-order valence-corrected chi connectivity index (χ3v) is 3.48. The molecule has 1 aromatic carbocycles. The van der Waals surface area contributed by atoms with Crippen LogP contribution in [0, 0.1) is 0 Å². The monoisotopic (exact) mass is 303 g/mol. The van der Waals surface area contributed by atoms with Crippen LogP contribution in [0.2, 0.25) is 5.28 Å². The third kappa shape index (κ3) is 2.90. The molecular formula is C14H14ClN5O. The molecule has 0 bridgehead atoms. The second-order valence-electron chi connectivity index (χ2n) is 4.76. The average molecular weight is 304 g/mol. The molecule has 0 saturated carbocycles. The van der Waals surface area contributed by atoms with Gasteiger partial charge in [0.1, 0.15) is 0 Å². The minimum Gasteiger partial charge on any atom is -0.394 e. The Hall–Kier alpha value is -2.34. The van der Waals surface area contributed by atoms with E-state index in [2.05, 4.69) is 15.3 Å². The lowest BCUT2D eigenvalue weighted by Gasteiger charge is -2.16. The van der Waals surface area contributed by atoms with E-state index in [4.69, 9.17) is 17.3 Å². The number of nitrogens with one attached hydrogen (secondary N) is 1. The van der Waals surface area contributed by atoms with Crippen molar-refractivity contribution in [2.45, 2.75) is 12.8 Å². The van der Waals surface area contributed by atoms with E-state index in [-0.39, 0.29) is 11.2 Å². The largest absolute Gasteiger partial charge is 0.394 e. The first kappa shape index (κ1) is 13.6. The molecule has 2 heterocycles. The number of rotatable bonds is 3. The first-order chi connectivity index (χ1) is 10.1. The van der Waals surface area contributed by atoms with E-state index < -0.39 is 0 Å². The fourth-order valence-electron chi connectivity index (χ4n) is 2.25. The zero-order chi connectivity index (χ0) is 14.8. The lowest BCUT2D eigenvalue weighted by atomic mass is 10.2. The lowest BCUT2D eigenvalue weighted by molar-refractivity contribution is -0.117. The van der Waals surface area contributed by atoms with Crippen LogP contribution in [0.15, 0.2) is 30.5 Å². The first-order valence-electron chi connectivity index (χ1n) is 6.59. The number of aromatic nitrogens is 2. The summed E-state index contributed by atoms with van der Waals surface area (Å²) in [6.45, 7) is 0.778. The fraction of sp³-hybridized carbons (Fsp3) is 0.214. The zero-order valence-corrected chi connectivity index (χ0v) is 12.0. The molecule has 6 nitrogen and oxygen atoms in total. The maximum absolute atomic E-state index is 11.7. The molecule has 1 aromatic heterocycles. The molecular weight excluding hydrogens is 290 g/mol. The van der Waals surface area contributed by atoms with Gasteiger partial charge in [0.2, 0.25) is 11.2 Å². The van der Waals surface area contributed by atoms with Crippen molar-refractivity contribution in [1.82, 2.24) is 9.97 Å². The molecule has 3 N–H and O–H groups in total. The number of anilines is 4. The number of nitrogens with zero attached hydrogens (tertiary/aromatic N) is 3. The number of hydrogen-bond acceptors (Lipinski definition) is 5. The Morgan fingerprint density at radius 3 is 2.71 bits per heavy atom. The second-order valence-corrected chi connectivity index (χ2v) is 5.10. The van der Waals surface area contributed by atoms with Gasteiger partial charge in [-0.1, -0.05) is 0 Å². The number of halogens is 1. The van der Waals surface area contributed by atoms with Gasteiger partial charge in [-0.15, -0.1) is 0 Å². The second kappa shape index (κ2) is 5.57. The number of benzene rings is 1. The molecule has 1 aliphatic rings. The van der Waals surface area contributed by atoms with Crippen LogP contribution in [0.1, 0.15) is 12.8 Å². The molecule has 0 unspecified atom stereocenters. The van der Waals surface area contributed by atoms with E-state index in [1.165, 1.54) is 6.20 Å². The number of carbonyl (C=O) groups is 1. The van der Waals surface area contributed by atoms with E-state index in [1.807, 2.05) is 24.3 Å². The molecule has 0 aliphatic carbocycles. The molecule has 1 amide bonds. The molecule has 7 heteroatoms. The van der Waals surface area contributed by atoms with Gasteiger partial charge in [-0.25, -0.2) is 4.98 Å². The van der Waals surface area contributed by atoms with Gasteiger partial charge in [-0.3, -0.25) is 4.79 Å². The predicted octanol–water partition coefficient (Wildman–Crippen LogP) is 2.58. The quantitative estimate of drug-likeness (QED) is 0.851. The summed E-state index contributed by atoms with van der Waals surface area (Å²) < 4.78 is 0. The molecule has 2 aromatic rings. The number of hydrogen-bond donors (Lipinski definition) is 2. The standard InChI is InChI=1S/C14H14ClN5O/c15-14-17-8-11(16)13(19-14)18-9-3-5-10(6-4-9)20-7-1-2-12(20)21/h3-6,8H,1-2,7,16H2,(H,17,18,19). The molecule has 1 aliphatic heterocycles. The summed E-state index contributed by atoms with van der Waals surface area (Å²) in [4.78, 5) is 21.3. The highest BCUT2D eigenvalue weighted by molar-refractivity contribution is 6.28. The SMILES string of the molecule is Nc1cnc(Cl)nc1Nc1ccc(N2CCCC2=O)cc1. The molecule has 0 atom stereocenters. The van der Waals surface area contributed by atoms with E-state index in [0.29, 0.717) is 17.9 Å². The van der Waals surface area contributed by atoms with Gasteiger partial charge in [0.25, 0.3) is 0 Å². The smallest absolute Gasteiger partial charge is 0.227 e. The average Bonchev–Trinajstić information content (AvgIpc) is 2.90.